The van der Waals surface area contributed by atoms with E-state index in [1.165, 1.54) is 4.88 Å². The molecule has 7 heteroatoms. The van der Waals surface area contributed by atoms with Gasteiger partial charge < -0.3 is 0 Å². The molecule has 80 valence electrons. The maximum absolute atomic E-state index is 5.69. The number of aryl methyl sites for hydroxylation is 2. The molecule has 0 amide bonds. The van der Waals surface area contributed by atoms with E-state index in [1.807, 2.05) is 6.07 Å². The number of aromatic nitrogens is 4. The van der Waals surface area contributed by atoms with Gasteiger partial charge in [-0.3, -0.25) is 0 Å². The van der Waals surface area contributed by atoms with Gasteiger partial charge >= 0.3 is 0 Å². The van der Waals surface area contributed by atoms with E-state index in [1.54, 1.807) is 16.0 Å². The van der Waals surface area contributed by atoms with Crippen LogP contribution in [-0.4, -0.2) is 20.2 Å². The minimum Gasteiger partial charge on any atom is -0.228 e. The number of hydrogen-bond donors (Lipinski definition) is 0. The summed E-state index contributed by atoms with van der Waals surface area (Å²) in [6.07, 6.45) is 0.922. The van der Waals surface area contributed by atoms with Gasteiger partial charge in [-0.25, -0.2) is 4.68 Å². The maximum atomic E-state index is 5.69. The van der Waals surface area contributed by atoms with E-state index in [0.717, 1.165) is 16.8 Å². The number of hydrogen-bond acceptors (Lipinski definition) is 4. The Labute approximate surface area is 104 Å². The van der Waals surface area contributed by atoms with E-state index in [9.17, 15) is 0 Å². The SMILES string of the molecule is ClCc1nnnn1CCc1ccc(Br)s1. The lowest BCUT2D eigenvalue weighted by molar-refractivity contribution is 0.576. The van der Waals surface area contributed by atoms with Crippen LogP contribution in [0.15, 0.2) is 15.9 Å². The third-order valence-corrected chi connectivity index (χ3v) is 3.85. The van der Waals surface area contributed by atoms with E-state index in [-0.39, 0.29) is 0 Å². The fourth-order valence-corrected chi connectivity index (χ4v) is 2.86. The van der Waals surface area contributed by atoms with E-state index in [4.69, 9.17) is 11.6 Å². The fourth-order valence-electron chi connectivity index (χ4n) is 1.19. The first-order chi connectivity index (χ1) is 7.29. The minimum atomic E-state index is 0.348. The van der Waals surface area contributed by atoms with E-state index in [2.05, 4.69) is 37.5 Å². The normalized spacial score (nSPS) is 10.8. The summed E-state index contributed by atoms with van der Waals surface area (Å²) < 4.78 is 2.88. The number of alkyl halides is 1. The standard InChI is InChI=1S/C8H8BrClN4S/c9-7-2-1-6(15-7)3-4-14-8(5-10)11-12-13-14/h1-2H,3-5H2. The number of nitrogens with zero attached hydrogens (tertiary/aromatic N) is 4. The molecule has 0 aliphatic rings. The van der Waals surface area contributed by atoms with Crippen molar-refractivity contribution < 1.29 is 0 Å². The molecule has 15 heavy (non-hydrogen) atoms. The lowest BCUT2D eigenvalue weighted by Crippen LogP contribution is -2.06. The molecule has 0 atom stereocenters. The van der Waals surface area contributed by atoms with Crippen molar-refractivity contribution in [3.05, 3.63) is 26.6 Å². The van der Waals surface area contributed by atoms with Gasteiger partial charge in [0, 0.05) is 17.8 Å². The third kappa shape index (κ3) is 2.76. The molecule has 0 aliphatic heterocycles. The van der Waals surface area contributed by atoms with Crippen LogP contribution in [0.25, 0.3) is 0 Å². The molecule has 0 fully saturated rings. The molecule has 2 rings (SSSR count). The van der Waals surface area contributed by atoms with E-state index in [0.29, 0.717) is 11.7 Å². The first-order valence-electron chi connectivity index (χ1n) is 4.35. The Kier molecular flexibility index (Phi) is 3.71. The molecule has 2 aromatic rings. The summed E-state index contributed by atoms with van der Waals surface area (Å²) in [5, 5.41) is 11.3. The zero-order chi connectivity index (χ0) is 10.7. The van der Waals surface area contributed by atoms with Gasteiger partial charge in [0.1, 0.15) is 0 Å². The highest BCUT2D eigenvalue weighted by Crippen LogP contribution is 2.22. The van der Waals surface area contributed by atoms with Crippen molar-refractivity contribution >= 4 is 38.9 Å². The van der Waals surface area contributed by atoms with Crippen LogP contribution in [0.1, 0.15) is 10.7 Å². The van der Waals surface area contributed by atoms with Gasteiger partial charge in [-0.15, -0.1) is 28.0 Å². The zero-order valence-corrected chi connectivity index (χ0v) is 10.9. The second-order valence-electron chi connectivity index (χ2n) is 2.91. The molecule has 0 saturated carbocycles. The summed E-state index contributed by atoms with van der Waals surface area (Å²) in [6.45, 7) is 0.766. The first-order valence-corrected chi connectivity index (χ1v) is 6.49. The molecule has 0 spiro atoms. The lowest BCUT2D eigenvalue weighted by atomic mass is 10.3. The second kappa shape index (κ2) is 5.05. The summed E-state index contributed by atoms with van der Waals surface area (Å²) >= 11 is 10.8. The van der Waals surface area contributed by atoms with Crippen molar-refractivity contribution in [2.24, 2.45) is 0 Å². The molecule has 0 saturated heterocycles. The van der Waals surface area contributed by atoms with Gasteiger partial charge in [0.2, 0.25) is 0 Å². The first kappa shape index (κ1) is 11.0. The van der Waals surface area contributed by atoms with Gasteiger partial charge in [0.15, 0.2) is 5.82 Å². The summed E-state index contributed by atoms with van der Waals surface area (Å²) in [4.78, 5) is 1.30. The Hall–Kier alpha value is -0.460. The smallest absolute Gasteiger partial charge is 0.166 e. The molecule has 2 heterocycles. The highest BCUT2D eigenvalue weighted by atomic mass is 79.9. The van der Waals surface area contributed by atoms with Crippen molar-refractivity contribution in [2.75, 3.05) is 0 Å². The Balaban J connectivity index is 1.98. The van der Waals surface area contributed by atoms with Crippen molar-refractivity contribution in [3.8, 4) is 0 Å². The van der Waals surface area contributed by atoms with E-state index < -0.39 is 0 Å². The van der Waals surface area contributed by atoms with Crippen molar-refractivity contribution in [1.82, 2.24) is 20.2 Å². The monoisotopic (exact) mass is 306 g/mol. The number of rotatable bonds is 4. The average Bonchev–Trinajstić information content (AvgIpc) is 2.83. The molecule has 0 bridgehead atoms. The molecule has 0 aliphatic carbocycles. The van der Waals surface area contributed by atoms with Gasteiger partial charge in [-0.1, -0.05) is 0 Å². The van der Waals surface area contributed by atoms with Crippen LogP contribution in [0.4, 0.5) is 0 Å². The van der Waals surface area contributed by atoms with Gasteiger partial charge in [-0.2, -0.15) is 0 Å². The zero-order valence-electron chi connectivity index (χ0n) is 7.73. The molecule has 0 aromatic carbocycles. The lowest BCUT2D eigenvalue weighted by Gasteiger charge is -2.00. The topological polar surface area (TPSA) is 43.6 Å². The predicted molar refractivity (Wildman–Crippen MR) is 63.1 cm³/mol. The number of tetrazole rings is 1. The molecule has 2 aromatic heterocycles. The Morgan fingerprint density at radius 1 is 1.47 bits per heavy atom. The van der Waals surface area contributed by atoms with Crippen LogP contribution in [-0.2, 0) is 18.8 Å². The van der Waals surface area contributed by atoms with Crippen LogP contribution >= 0.6 is 38.9 Å². The Morgan fingerprint density at radius 2 is 2.33 bits per heavy atom. The van der Waals surface area contributed by atoms with Gasteiger partial charge in [0.05, 0.1) is 9.67 Å². The quantitative estimate of drug-likeness (QED) is 0.815. The van der Waals surface area contributed by atoms with E-state index >= 15 is 0 Å². The average molecular weight is 308 g/mol. The van der Waals surface area contributed by atoms with Crippen molar-refractivity contribution in [3.63, 3.8) is 0 Å². The largest absolute Gasteiger partial charge is 0.228 e. The molecule has 4 nitrogen and oxygen atoms in total. The van der Waals surface area contributed by atoms with Crippen LogP contribution in [0.5, 0.6) is 0 Å². The third-order valence-electron chi connectivity index (χ3n) is 1.92. The van der Waals surface area contributed by atoms with Crippen LogP contribution < -0.4 is 0 Å². The summed E-state index contributed by atoms with van der Waals surface area (Å²) in [5.74, 6) is 1.06. The summed E-state index contributed by atoms with van der Waals surface area (Å²) in [6, 6.07) is 4.14. The molecule has 0 radical (unpaired) electrons. The predicted octanol–water partition coefficient (Wildman–Crippen LogP) is 2.48. The molecular weight excluding hydrogens is 300 g/mol. The van der Waals surface area contributed by atoms with Gasteiger partial charge in [-0.05, 0) is 38.5 Å². The van der Waals surface area contributed by atoms with Crippen LogP contribution in [0.3, 0.4) is 0 Å². The van der Waals surface area contributed by atoms with Gasteiger partial charge in [0.25, 0.3) is 0 Å². The summed E-state index contributed by atoms with van der Waals surface area (Å²) in [5.41, 5.74) is 0. The minimum absolute atomic E-state index is 0.348. The van der Waals surface area contributed by atoms with Crippen LogP contribution in [0.2, 0.25) is 0 Å². The second-order valence-corrected chi connectivity index (χ2v) is 5.72. The Morgan fingerprint density at radius 3 is 3.00 bits per heavy atom. The fraction of sp³-hybridized carbons (Fsp3) is 0.375. The maximum Gasteiger partial charge on any atom is 0.166 e. The molecule has 0 unspecified atom stereocenters. The Bertz CT molecular complexity index is 441. The number of halogens is 2. The molecular formula is C8H8BrClN4S. The molecule has 0 N–H and O–H groups in total. The van der Waals surface area contributed by atoms with Crippen molar-refractivity contribution in [2.45, 2.75) is 18.8 Å². The highest BCUT2D eigenvalue weighted by Gasteiger charge is 2.05. The number of thiophene rings is 1. The van der Waals surface area contributed by atoms with Crippen LogP contribution in [0, 0.1) is 0 Å². The summed E-state index contributed by atoms with van der Waals surface area (Å²) in [7, 11) is 0. The highest BCUT2D eigenvalue weighted by molar-refractivity contribution is 9.11. The van der Waals surface area contributed by atoms with Crippen molar-refractivity contribution in [1.29, 1.82) is 0 Å².